The van der Waals surface area contributed by atoms with Crippen molar-refractivity contribution in [3.8, 4) is 11.1 Å². The summed E-state index contributed by atoms with van der Waals surface area (Å²) in [6, 6.07) is 55.9. The molecule has 0 saturated heterocycles. The third kappa shape index (κ3) is 6.11. The Kier molecular flexibility index (Phi) is 8.80. The summed E-state index contributed by atoms with van der Waals surface area (Å²) in [5.41, 5.74) is 11.6. The van der Waals surface area contributed by atoms with E-state index < -0.39 is 0 Å². The number of rotatable bonds is 11. The summed E-state index contributed by atoms with van der Waals surface area (Å²) in [7, 11) is 0. The maximum atomic E-state index is 3.99. The van der Waals surface area contributed by atoms with Crippen molar-refractivity contribution in [3.05, 3.63) is 194 Å². The Bertz CT molecular complexity index is 1680. The van der Waals surface area contributed by atoms with Crippen molar-refractivity contribution >= 4 is 34.1 Å². The summed E-state index contributed by atoms with van der Waals surface area (Å²) in [6.45, 7) is 7.97. The molecule has 0 atom stereocenters. The summed E-state index contributed by atoms with van der Waals surface area (Å²) in [5, 5.41) is 0. The predicted octanol–water partition coefficient (Wildman–Crippen LogP) is 11.8. The Morgan fingerprint density at radius 1 is 0.364 bits per heavy atom. The van der Waals surface area contributed by atoms with Crippen LogP contribution in [0.25, 0.3) is 11.1 Å². The van der Waals surface area contributed by atoms with Gasteiger partial charge in [0.1, 0.15) is 0 Å². The van der Waals surface area contributed by atoms with Crippen molar-refractivity contribution in [3.63, 3.8) is 0 Å². The van der Waals surface area contributed by atoms with E-state index in [1.807, 2.05) is 12.2 Å². The highest BCUT2D eigenvalue weighted by Crippen LogP contribution is 2.39. The molecule has 0 N–H and O–H groups in total. The van der Waals surface area contributed by atoms with Crippen LogP contribution in [0.15, 0.2) is 183 Å². The van der Waals surface area contributed by atoms with Crippen molar-refractivity contribution in [2.45, 2.75) is 12.8 Å². The molecule has 214 valence electrons. The van der Waals surface area contributed by atoms with Gasteiger partial charge in [0.05, 0.1) is 0 Å². The number of anilines is 6. The van der Waals surface area contributed by atoms with Crippen LogP contribution in [0, 0.1) is 0 Å². The molecule has 6 aromatic rings. The van der Waals surface area contributed by atoms with E-state index in [0.29, 0.717) is 0 Å². The molecule has 0 saturated carbocycles. The van der Waals surface area contributed by atoms with Crippen LogP contribution in [0.1, 0.15) is 11.1 Å². The van der Waals surface area contributed by atoms with E-state index in [1.165, 1.54) is 22.3 Å². The van der Waals surface area contributed by atoms with Crippen molar-refractivity contribution in [1.29, 1.82) is 0 Å². The molecule has 0 aliphatic rings. The fourth-order valence-electron chi connectivity index (χ4n) is 5.73. The van der Waals surface area contributed by atoms with Gasteiger partial charge in [0.2, 0.25) is 0 Å². The number of nitrogens with zero attached hydrogens (tertiary/aromatic N) is 2. The second-order valence-electron chi connectivity index (χ2n) is 10.7. The largest absolute Gasteiger partial charge is 0.310 e. The molecule has 0 bridgehead atoms. The Labute approximate surface area is 261 Å². The van der Waals surface area contributed by atoms with Crippen LogP contribution in [0.3, 0.4) is 0 Å². The molecule has 0 unspecified atom stereocenters. The van der Waals surface area contributed by atoms with E-state index in [2.05, 4.69) is 181 Å². The highest BCUT2D eigenvalue weighted by molar-refractivity contribution is 5.82. The van der Waals surface area contributed by atoms with Gasteiger partial charge >= 0.3 is 0 Å². The van der Waals surface area contributed by atoms with E-state index in [9.17, 15) is 0 Å². The summed E-state index contributed by atoms with van der Waals surface area (Å²) in [5.74, 6) is 0. The molecule has 6 aromatic carbocycles. The van der Waals surface area contributed by atoms with E-state index in [-0.39, 0.29) is 0 Å². The highest BCUT2D eigenvalue weighted by atomic mass is 15.1. The van der Waals surface area contributed by atoms with Gasteiger partial charge in [-0.3, -0.25) is 0 Å². The summed E-state index contributed by atoms with van der Waals surface area (Å²) < 4.78 is 0. The molecule has 0 aromatic heterocycles. The lowest BCUT2D eigenvalue weighted by Gasteiger charge is -2.28. The zero-order valence-corrected chi connectivity index (χ0v) is 24.9. The molecule has 0 aliphatic carbocycles. The molecular formula is C42H36N2. The normalized spacial score (nSPS) is 10.6. The zero-order valence-electron chi connectivity index (χ0n) is 24.9. The van der Waals surface area contributed by atoms with E-state index in [1.54, 1.807) is 0 Å². The molecule has 2 nitrogen and oxygen atoms in total. The maximum absolute atomic E-state index is 3.99. The molecule has 0 amide bonds. The van der Waals surface area contributed by atoms with Gasteiger partial charge in [-0.05, 0) is 95.8 Å². The van der Waals surface area contributed by atoms with Crippen LogP contribution < -0.4 is 9.80 Å². The van der Waals surface area contributed by atoms with Crippen molar-refractivity contribution in [1.82, 2.24) is 0 Å². The van der Waals surface area contributed by atoms with E-state index in [0.717, 1.165) is 47.0 Å². The van der Waals surface area contributed by atoms with Gasteiger partial charge in [-0.25, -0.2) is 0 Å². The van der Waals surface area contributed by atoms with Crippen LogP contribution in [-0.4, -0.2) is 0 Å². The summed E-state index contributed by atoms with van der Waals surface area (Å²) in [4.78, 5) is 4.65. The van der Waals surface area contributed by atoms with Gasteiger partial charge in [0, 0.05) is 34.1 Å². The fourth-order valence-corrected chi connectivity index (χ4v) is 5.73. The lowest BCUT2D eigenvalue weighted by molar-refractivity contribution is 1.20. The topological polar surface area (TPSA) is 6.48 Å². The number of allylic oxidation sites excluding steroid dienone is 2. The quantitative estimate of drug-likeness (QED) is 0.143. The number of para-hydroxylation sites is 4. The third-order valence-corrected chi connectivity index (χ3v) is 7.81. The van der Waals surface area contributed by atoms with Crippen molar-refractivity contribution < 1.29 is 0 Å². The highest BCUT2D eigenvalue weighted by Gasteiger charge is 2.17. The SMILES string of the molecule is C=CCc1ccccc1N(c1ccccc1)c1ccc(-c2ccc(N(c3ccccc3)c3ccccc3CC=C)cc2)cc1. The first kappa shape index (κ1) is 28.5. The van der Waals surface area contributed by atoms with E-state index in [4.69, 9.17) is 0 Å². The number of benzene rings is 6. The van der Waals surface area contributed by atoms with Crippen LogP contribution in [0.2, 0.25) is 0 Å². The molecule has 2 heteroatoms. The molecular weight excluding hydrogens is 532 g/mol. The Hall–Kier alpha value is -5.60. The molecule has 0 radical (unpaired) electrons. The molecule has 44 heavy (non-hydrogen) atoms. The van der Waals surface area contributed by atoms with Crippen LogP contribution in [0.4, 0.5) is 34.1 Å². The van der Waals surface area contributed by atoms with Gasteiger partial charge in [-0.1, -0.05) is 109 Å². The fraction of sp³-hybridized carbons (Fsp3) is 0.0476. The average Bonchev–Trinajstić information content (AvgIpc) is 3.08. The second-order valence-corrected chi connectivity index (χ2v) is 10.7. The second kappa shape index (κ2) is 13.6. The Morgan fingerprint density at radius 3 is 1.05 bits per heavy atom. The predicted molar refractivity (Wildman–Crippen MR) is 189 cm³/mol. The van der Waals surface area contributed by atoms with Crippen molar-refractivity contribution in [2.75, 3.05) is 9.80 Å². The minimum Gasteiger partial charge on any atom is -0.310 e. The van der Waals surface area contributed by atoms with Crippen molar-refractivity contribution in [2.24, 2.45) is 0 Å². The standard InChI is InChI=1S/C42H36N2/c1-3-15-35-17-11-13-23-41(35)43(37-19-7-5-8-20-37)39-29-25-33(26-30-39)34-27-31-40(32-28-34)44(38-21-9-6-10-22-38)42-24-14-12-18-36(42)16-4-2/h3-14,17-32H,1-2,15-16H2. The first-order valence-corrected chi connectivity index (χ1v) is 15.1. The minimum atomic E-state index is 0.808. The van der Waals surface area contributed by atoms with Crippen LogP contribution >= 0.6 is 0 Å². The van der Waals surface area contributed by atoms with E-state index >= 15 is 0 Å². The van der Waals surface area contributed by atoms with Crippen LogP contribution in [-0.2, 0) is 12.8 Å². The van der Waals surface area contributed by atoms with Crippen LogP contribution in [0.5, 0.6) is 0 Å². The van der Waals surface area contributed by atoms with Gasteiger partial charge in [0.25, 0.3) is 0 Å². The molecule has 0 spiro atoms. The average molecular weight is 569 g/mol. The Balaban J connectivity index is 1.34. The molecule has 0 aliphatic heterocycles. The van der Waals surface area contributed by atoms with Gasteiger partial charge in [-0.15, -0.1) is 13.2 Å². The summed E-state index contributed by atoms with van der Waals surface area (Å²) >= 11 is 0. The first-order chi connectivity index (χ1) is 21.8. The molecule has 6 rings (SSSR count). The lowest BCUT2D eigenvalue weighted by atomic mass is 10.0. The third-order valence-electron chi connectivity index (χ3n) is 7.81. The zero-order chi connectivity index (χ0) is 30.1. The van der Waals surface area contributed by atoms with Gasteiger partial charge < -0.3 is 9.80 Å². The molecule has 0 heterocycles. The number of hydrogen-bond acceptors (Lipinski definition) is 2. The monoisotopic (exact) mass is 568 g/mol. The first-order valence-electron chi connectivity index (χ1n) is 15.1. The van der Waals surface area contributed by atoms with Gasteiger partial charge in [0.15, 0.2) is 0 Å². The lowest BCUT2D eigenvalue weighted by Crippen LogP contribution is -2.12. The number of hydrogen-bond donors (Lipinski definition) is 0. The minimum absolute atomic E-state index is 0.808. The van der Waals surface area contributed by atoms with Gasteiger partial charge in [-0.2, -0.15) is 0 Å². The smallest absolute Gasteiger partial charge is 0.0496 e. The summed E-state index contributed by atoms with van der Waals surface area (Å²) in [6.07, 6.45) is 5.54. The molecule has 0 fully saturated rings. The maximum Gasteiger partial charge on any atom is 0.0496 e. The Morgan fingerprint density at radius 2 is 0.682 bits per heavy atom.